The maximum absolute atomic E-state index is 12.8. The third kappa shape index (κ3) is 2.80. The van der Waals surface area contributed by atoms with Crippen molar-refractivity contribution in [3.05, 3.63) is 35.6 Å². The number of halogens is 1. The van der Waals surface area contributed by atoms with Gasteiger partial charge in [-0.1, -0.05) is 12.1 Å². The topological polar surface area (TPSA) is 15.3 Å². The molecule has 0 spiro atoms. The predicted octanol–water partition coefficient (Wildman–Crippen LogP) is 2.18. The van der Waals surface area contributed by atoms with Crippen LogP contribution in [-0.4, -0.2) is 31.1 Å². The highest BCUT2D eigenvalue weighted by atomic mass is 19.1. The van der Waals surface area contributed by atoms with E-state index in [9.17, 15) is 4.39 Å². The van der Waals surface area contributed by atoms with Gasteiger partial charge >= 0.3 is 0 Å². The number of hydrogen-bond acceptors (Lipinski definition) is 2. The van der Waals surface area contributed by atoms with Crippen LogP contribution in [0.15, 0.2) is 24.3 Å². The summed E-state index contributed by atoms with van der Waals surface area (Å²) in [7, 11) is 0. The maximum Gasteiger partial charge on any atom is 0.123 e. The van der Waals surface area contributed by atoms with Crippen LogP contribution in [0.1, 0.15) is 24.9 Å². The molecule has 1 saturated heterocycles. The zero-order valence-electron chi connectivity index (χ0n) is 9.75. The molecule has 1 aromatic rings. The largest absolute Gasteiger partial charge is 0.315 e. The number of rotatable bonds is 2. The molecule has 0 saturated carbocycles. The molecule has 1 N–H and O–H groups in total. The van der Waals surface area contributed by atoms with Gasteiger partial charge in [-0.15, -0.1) is 0 Å². The van der Waals surface area contributed by atoms with Gasteiger partial charge in [0, 0.05) is 19.1 Å². The van der Waals surface area contributed by atoms with Gasteiger partial charge in [-0.05, 0) is 44.1 Å². The molecule has 1 aromatic carbocycles. The number of hydrogen-bond donors (Lipinski definition) is 1. The molecule has 0 amide bonds. The lowest BCUT2D eigenvalue weighted by Crippen LogP contribution is -2.30. The molecule has 1 heterocycles. The summed E-state index contributed by atoms with van der Waals surface area (Å²) in [5.74, 6) is -0.159. The number of nitrogens with zero attached hydrogens (tertiary/aromatic N) is 1. The van der Waals surface area contributed by atoms with Crippen LogP contribution in [0.3, 0.4) is 0 Å². The average Bonchev–Trinajstić information content (AvgIpc) is 2.57. The fourth-order valence-electron chi connectivity index (χ4n) is 2.21. The van der Waals surface area contributed by atoms with E-state index in [4.69, 9.17) is 0 Å². The Balaban J connectivity index is 2.04. The molecule has 0 bridgehead atoms. The monoisotopic (exact) mass is 222 g/mol. The maximum atomic E-state index is 12.8. The summed E-state index contributed by atoms with van der Waals surface area (Å²) < 4.78 is 12.8. The van der Waals surface area contributed by atoms with E-state index in [1.807, 2.05) is 12.1 Å². The summed E-state index contributed by atoms with van der Waals surface area (Å²) in [5, 5.41) is 3.39. The van der Waals surface area contributed by atoms with Crippen molar-refractivity contribution in [3.63, 3.8) is 0 Å². The summed E-state index contributed by atoms with van der Waals surface area (Å²) in [6.45, 7) is 6.53. The van der Waals surface area contributed by atoms with Crippen molar-refractivity contribution in [3.8, 4) is 0 Å². The summed E-state index contributed by atoms with van der Waals surface area (Å²) in [4.78, 5) is 2.45. The smallest absolute Gasteiger partial charge is 0.123 e. The van der Waals surface area contributed by atoms with Gasteiger partial charge in [0.1, 0.15) is 5.82 Å². The van der Waals surface area contributed by atoms with Gasteiger partial charge in [0.15, 0.2) is 0 Å². The SMILES string of the molecule is CC(c1ccc(F)cc1)N1CCCNCC1. The molecule has 1 aliphatic rings. The zero-order chi connectivity index (χ0) is 11.4. The van der Waals surface area contributed by atoms with Gasteiger partial charge in [0.25, 0.3) is 0 Å². The summed E-state index contributed by atoms with van der Waals surface area (Å²) >= 11 is 0. The van der Waals surface area contributed by atoms with E-state index in [-0.39, 0.29) is 5.82 Å². The standard InChI is InChI=1S/C13H19FN2/c1-11(12-3-5-13(14)6-4-12)16-9-2-7-15-8-10-16/h3-6,11,15H,2,7-10H2,1H3. The van der Waals surface area contributed by atoms with Crippen LogP contribution in [0.5, 0.6) is 0 Å². The van der Waals surface area contributed by atoms with Crippen LogP contribution in [0.25, 0.3) is 0 Å². The van der Waals surface area contributed by atoms with Crippen LogP contribution >= 0.6 is 0 Å². The van der Waals surface area contributed by atoms with E-state index in [0.717, 1.165) is 26.2 Å². The van der Waals surface area contributed by atoms with Gasteiger partial charge in [0.2, 0.25) is 0 Å². The second-order valence-electron chi connectivity index (χ2n) is 4.37. The van der Waals surface area contributed by atoms with Crippen LogP contribution in [0.2, 0.25) is 0 Å². The summed E-state index contributed by atoms with van der Waals surface area (Å²) in [6, 6.07) is 7.24. The third-order valence-electron chi connectivity index (χ3n) is 3.27. The lowest BCUT2D eigenvalue weighted by atomic mass is 10.1. The van der Waals surface area contributed by atoms with Crippen molar-refractivity contribution in [2.75, 3.05) is 26.2 Å². The molecule has 0 aliphatic carbocycles. The third-order valence-corrected chi connectivity index (χ3v) is 3.27. The number of benzene rings is 1. The lowest BCUT2D eigenvalue weighted by Gasteiger charge is -2.27. The minimum atomic E-state index is -0.159. The van der Waals surface area contributed by atoms with Gasteiger partial charge in [-0.2, -0.15) is 0 Å². The second kappa shape index (κ2) is 5.41. The molecule has 2 nitrogen and oxygen atoms in total. The minimum Gasteiger partial charge on any atom is -0.315 e. The first kappa shape index (κ1) is 11.6. The van der Waals surface area contributed by atoms with Gasteiger partial charge < -0.3 is 5.32 Å². The Kier molecular flexibility index (Phi) is 3.91. The Labute approximate surface area is 96.5 Å². The molecule has 88 valence electrons. The fourth-order valence-corrected chi connectivity index (χ4v) is 2.21. The predicted molar refractivity (Wildman–Crippen MR) is 63.9 cm³/mol. The Morgan fingerprint density at radius 1 is 1.19 bits per heavy atom. The van der Waals surface area contributed by atoms with E-state index in [2.05, 4.69) is 17.1 Å². The molecular weight excluding hydrogens is 203 g/mol. The Bertz CT molecular complexity index is 315. The van der Waals surface area contributed by atoms with Gasteiger partial charge in [-0.3, -0.25) is 4.90 Å². The van der Waals surface area contributed by atoms with Crippen molar-refractivity contribution in [2.24, 2.45) is 0 Å². The van der Waals surface area contributed by atoms with E-state index >= 15 is 0 Å². The van der Waals surface area contributed by atoms with Gasteiger partial charge in [-0.25, -0.2) is 4.39 Å². The highest BCUT2D eigenvalue weighted by Gasteiger charge is 2.16. The quantitative estimate of drug-likeness (QED) is 0.825. The molecule has 0 aromatic heterocycles. The minimum absolute atomic E-state index is 0.159. The van der Waals surface area contributed by atoms with E-state index in [1.165, 1.54) is 12.0 Å². The van der Waals surface area contributed by atoms with Crippen LogP contribution in [0.4, 0.5) is 4.39 Å². The van der Waals surface area contributed by atoms with Crippen LogP contribution < -0.4 is 5.32 Å². The van der Waals surface area contributed by atoms with E-state index in [1.54, 1.807) is 12.1 Å². The van der Waals surface area contributed by atoms with Crippen molar-refractivity contribution in [1.29, 1.82) is 0 Å². The molecule has 2 rings (SSSR count). The molecular formula is C13H19FN2. The van der Waals surface area contributed by atoms with E-state index in [0.29, 0.717) is 6.04 Å². The van der Waals surface area contributed by atoms with E-state index < -0.39 is 0 Å². The first-order valence-electron chi connectivity index (χ1n) is 5.97. The molecule has 1 atom stereocenters. The normalized spacial score (nSPS) is 20.4. The Morgan fingerprint density at radius 3 is 2.69 bits per heavy atom. The summed E-state index contributed by atoms with van der Waals surface area (Å²) in [6.07, 6.45) is 1.19. The van der Waals surface area contributed by atoms with Gasteiger partial charge in [0.05, 0.1) is 0 Å². The summed E-state index contributed by atoms with van der Waals surface area (Å²) in [5.41, 5.74) is 1.20. The van der Waals surface area contributed by atoms with Crippen LogP contribution in [-0.2, 0) is 0 Å². The number of nitrogens with one attached hydrogen (secondary N) is 1. The second-order valence-corrected chi connectivity index (χ2v) is 4.37. The van der Waals surface area contributed by atoms with Crippen molar-refractivity contribution >= 4 is 0 Å². The average molecular weight is 222 g/mol. The molecule has 3 heteroatoms. The molecule has 0 radical (unpaired) electrons. The molecule has 1 aliphatic heterocycles. The van der Waals surface area contributed by atoms with Crippen LogP contribution in [0, 0.1) is 5.82 Å². The molecule has 16 heavy (non-hydrogen) atoms. The lowest BCUT2D eigenvalue weighted by molar-refractivity contribution is 0.225. The van der Waals surface area contributed by atoms with Crippen molar-refractivity contribution in [1.82, 2.24) is 10.2 Å². The molecule has 1 unspecified atom stereocenters. The highest BCUT2D eigenvalue weighted by Crippen LogP contribution is 2.20. The zero-order valence-corrected chi connectivity index (χ0v) is 9.75. The van der Waals surface area contributed by atoms with Crippen molar-refractivity contribution < 1.29 is 4.39 Å². The first-order chi connectivity index (χ1) is 7.77. The fraction of sp³-hybridized carbons (Fsp3) is 0.538. The highest BCUT2D eigenvalue weighted by molar-refractivity contribution is 5.19. The molecule has 1 fully saturated rings. The first-order valence-corrected chi connectivity index (χ1v) is 5.97. The van der Waals surface area contributed by atoms with Crippen molar-refractivity contribution in [2.45, 2.75) is 19.4 Å². The Morgan fingerprint density at radius 2 is 1.94 bits per heavy atom. The Hall–Kier alpha value is -0.930.